The van der Waals surface area contributed by atoms with Crippen LogP contribution >= 0.6 is 38.9 Å². The number of benzene rings is 1. The Hall–Kier alpha value is -0.800. The Labute approximate surface area is 140 Å². The van der Waals surface area contributed by atoms with Gasteiger partial charge in [0.15, 0.2) is 0 Å². The van der Waals surface area contributed by atoms with Crippen molar-refractivity contribution in [1.29, 1.82) is 0 Å². The van der Waals surface area contributed by atoms with Gasteiger partial charge in [-0.25, -0.2) is 13.1 Å². The summed E-state index contributed by atoms with van der Waals surface area (Å²) in [6.45, 7) is 0.341. The first-order valence-electron chi connectivity index (χ1n) is 5.81. The molecule has 0 aliphatic heterocycles. The number of rotatable bonds is 6. The minimum absolute atomic E-state index is 0.143. The van der Waals surface area contributed by atoms with Crippen molar-refractivity contribution in [2.24, 2.45) is 0 Å². The largest absolute Gasteiger partial charge is 0.492 e. The average Bonchev–Trinajstić information content (AvgIpc) is 2.76. The molecule has 0 spiro atoms. The van der Waals surface area contributed by atoms with E-state index in [1.165, 1.54) is 6.07 Å². The van der Waals surface area contributed by atoms with Gasteiger partial charge in [0.2, 0.25) is 10.0 Å². The monoisotopic (exact) mass is 410 g/mol. The number of thiophene rings is 1. The molecule has 2 aromatic rings. The molecule has 1 aromatic carbocycles. The molecule has 1 heterocycles. The Morgan fingerprint density at radius 3 is 2.76 bits per heavy atom. The molecule has 0 atom stereocenters. The molecule has 21 heavy (non-hydrogen) atoms. The van der Waals surface area contributed by atoms with Gasteiger partial charge in [0.25, 0.3) is 0 Å². The van der Waals surface area contributed by atoms with Crippen LogP contribution in [-0.2, 0) is 10.0 Å². The standard InChI is InChI=1S/C12H12BrClN2O3S2/c13-12-10(14)7-11(20-12)21(17,18)16-4-5-19-9-3-1-2-8(15)6-9/h1-3,6-7,16H,4-5,15H2. The van der Waals surface area contributed by atoms with Crippen molar-refractivity contribution in [1.82, 2.24) is 4.72 Å². The third-order valence-corrected chi connectivity index (χ3v) is 6.82. The third-order valence-electron chi connectivity index (χ3n) is 2.41. The Bertz CT molecular complexity index is 714. The Morgan fingerprint density at radius 2 is 2.14 bits per heavy atom. The van der Waals surface area contributed by atoms with Gasteiger partial charge < -0.3 is 10.5 Å². The van der Waals surface area contributed by atoms with Gasteiger partial charge in [0.05, 0.1) is 8.81 Å². The number of halogens is 2. The van der Waals surface area contributed by atoms with E-state index in [9.17, 15) is 8.42 Å². The van der Waals surface area contributed by atoms with E-state index in [1.54, 1.807) is 24.3 Å². The number of hydrogen-bond acceptors (Lipinski definition) is 5. The number of ether oxygens (including phenoxy) is 1. The number of sulfonamides is 1. The highest BCUT2D eigenvalue weighted by Gasteiger charge is 2.18. The Kier molecular flexibility index (Phi) is 5.50. The molecule has 0 amide bonds. The van der Waals surface area contributed by atoms with Crippen LogP contribution in [0.1, 0.15) is 0 Å². The van der Waals surface area contributed by atoms with Gasteiger partial charge in [-0.15, -0.1) is 11.3 Å². The lowest BCUT2D eigenvalue weighted by Crippen LogP contribution is -2.27. The molecule has 0 aliphatic rings. The van der Waals surface area contributed by atoms with Crippen molar-refractivity contribution in [2.45, 2.75) is 4.21 Å². The second-order valence-corrected chi connectivity index (χ2v) is 8.78. The lowest BCUT2D eigenvalue weighted by Gasteiger charge is -2.07. The maximum atomic E-state index is 12.0. The van der Waals surface area contributed by atoms with Crippen LogP contribution in [0.3, 0.4) is 0 Å². The van der Waals surface area contributed by atoms with Crippen molar-refractivity contribution in [3.8, 4) is 5.75 Å². The van der Waals surface area contributed by atoms with Gasteiger partial charge in [-0.05, 0) is 34.1 Å². The number of nitrogen functional groups attached to an aromatic ring is 1. The molecule has 0 saturated carbocycles. The van der Waals surface area contributed by atoms with Crippen LogP contribution in [0.4, 0.5) is 5.69 Å². The normalized spacial score (nSPS) is 11.5. The number of nitrogens with one attached hydrogen (secondary N) is 1. The lowest BCUT2D eigenvalue weighted by atomic mass is 10.3. The van der Waals surface area contributed by atoms with Crippen LogP contribution in [-0.4, -0.2) is 21.6 Å². The summed E-state index contributed by atoms with van der Waals surface area (Å²) in [5, 5.41) is 0.372. The van der Waals surface area contributed by atoms with E-state index >= 15 is 0 Å². The number of nitrogens with two attached hydrogens (primary N) is 1. The van der Waals surface area contributed by atoms with E-state index in [4.69, 9.17) is 22.1 Å². The average molecular weight is 412 g/mol. The topological polar surface area (TPSA) is 81.4 Å². The SMILES string of the molecule is Nc1cccc(OCCNS(=O)(=O)c2cc(Cl)c(Br)s2)c1. The Balaban J connectivity index is 1.88. The quantitative estimate of drug-likeness (QED) is 0.565. The van der Waals surface area contributed by atoms with Gasteiger partial charge in [0, 0.05) is 18.3 Å². The van der Waals surface area contributed by atoms with Gasteiger partial charge in [-0.1, -0.05) is 17.7 Å². The van der Waals surface area contributed by atoms with Crippen LogP contribution in [0.5, 0.6) is 5.75 Å². The van der Waals surface area contributed by atoms with E-state index in [-0.39, 0.29) is 17.4 Å². The highest BCUT2D eigenvalue weighted by molar-refractivity contribution is 9.11. The van der Waals surface area contributed by atoms with Crippen molar-refractivity contribution in [3.05, 3.63) is 39.1 Å². The first-order chi connectivity index (χ1) is 9.88. The summed E-state index contributed by atoms with van der Waals surface area (Å²) in [5.41, 5.74) is 6.21. The molecule has 1 aromatic heterocycles. The Morgan fingerprint density at radius 1 is 1.38 bits per heavy atom. The summed E-state index contributed by atoms with van der Waals surface area (Å²) in [4.78, 5) is 0. The fourth-order valence-corrected chi connectivity index (χ4v) is 4.94. The minimum atomic E-state index is -3.58. The molecule has 0 fully saturated rings. The second kappa shape index (κ2) is 6.97. The fourth-order valence-electron chi connectivity index (χ4n) is 1.48. The van der Waals surface area contributed by atoms with E-state index in [1.807, 2.05) is 0 Å². The maximum absolute atomic E-state index is 12.0. The lowest BCUT2D eigenvalue weighted by molar-refractivity contribution is 0.323. The zero-order valence-electron chi connectivity index (χ0n) is 10.7. The molecule has 2 rings (SSSR count). The van der Waals surface area contributed by atoms with Crippen LogP contribution in [0.2, 0.25) is 5.02 Å². The molecule has 0 saturated heterocycles. The molecule has 0 radical (unpaired) electrons. The zero-order valence-corrected chi connectivity index (χ0v) is 14.7. The second-order valence-electron chi connectivity index (χ2n) is 4.01. The molecular weight excluding hydrogens is 400 g/mol. The highest BCUT2D eigenvalue weighted by atomic mass is 79.9. The fraction of sp³-hybridized carbons (Fsp3) is 0.167. The van der Waals surface area contributed by atoms with Crippen LogP contribution in [0.25, 0.3) is 0 Å². The summed E-state index contributed by atoms with van der Waals surface area (Å²) in [6.07, 6.45) is 0. The third kappa shape index (κ3) is 4.58. The summed E-state index contributed by atoms with van der Waals surface area (Å²) in [7, 11) is -3.58. The molecule has 3 N–H and O–H groups in total. The molecule has 0 unspecified atom stereocenters. The smallest absolute Gasteiger partial charge is 0.250 e. The predicted molar refractivity (Wildman–Crippen MR) is 88.6 cm³/mol. The summed E-state index contributed by atoms with van der Waals surface area (Å²) in [5.74, 6) is 0.594. The molecule has 0 bridgehead atoms. The van der Waals surface area contributed by atoms with E-state index in [0.29, 0.717) is 20.2 Å². The summed E-state index contributed by atoms with van der Waals surface area (Å²) < 4.78 is 32.6. The van der Waals surface area contributed by atoms with Gasteiger partial charge in [-0.3, -0.25) is 0 Å². The van der Waals surface area contributed by atoms with Gasteiger partial charge >= 0.3 is 0 Å². The first kappa shape index (κ1) is 16.6. The molecular formula is C12H12BrClN2O3S2. The minimum Gasteiger partial charge on any atom is -0.492 e. The number of anilines is 1. The van der Waals surface area contributed by atoms with Crippen molar-refractivity contribution >= 4 is 54.6 Å². The van der Waals surface area contributed by atoms with E-state index < -0.39 is 10.0 Å². The van der Waals surface area contributed by atoms with Crippen LogP contribution in [0.15, 0.2) is 38.3 Å². The highest BCUT2D eigenvalue weighted by Crippen LogP contribution is 2.34. The van der Waals surface area contributed by atoms with Crippen molar-refractivity contribution in [2.75, 3.05) is 18.9 Å². The van der Waals surface area contributed by atoms with Crippen LogP contribution < -0.4 is 15.2 Å². The molecule has 5 nitrogen and oxygen atoms in total. The molecule has 114 valence electrons. The molecule has 0 aliphatic carbocycles. The summed E-state index contributed by atoms with van der Waals surface area (Å²) in [6, 6.07) is 8.33. The van der Waals surface area contributed by atoms with Gasteiger partial charge in [0.1, 0.15) is 16.6 Å². The van der Waals surface area contributed by atoms with Gasteiger partial charge in [-0.2, -0.15) is 0 Å². The van der Waals surface area contributed by atoms with E-state index in [0.717, 1.165) is 11.3 Å². The van der Waals surface area contributed by atoms with Crippen LogP contribution in [0, 0.1) is 0 Å². The predicted octanol–water partition coefficient (Wildman–Crippen LogP) is 3.10. The number of hydrogen-bond donors (Lipinski definition) is 2. The first-order valence-corrected chi connectivity index (χ1v) is 9.28. The summed E-state index contributed by atoms with van der Waals surface area (Å²) >= 11 is 10.1. The van der Waals surface area contributed by atoms with Crippen molar-refractivity contribution in [3.63, 3.8) is 0 Å². The zero-order chi connectivity index (χ0) is 15.5. The molecule has 9 heteroatoms. The maximum Gasteiger partial charge on any atom is 0.250 e. The van der Waals surface area contributed by atoms with E-state index in [2.05, 4.69) is 20.7 Å². The van der Waals surface area contributed by atoms with Crippen molar-refractivity contribution < 1.29 is 13.2 Å².